The van der Waals surface area contributed by atoms with E-state index in [1.165, 1.54) is 6.07 Å². The number of likely N-dealkylation sites (tertiary alicyclic amines) is 1. The zero-order valence-electron chi connectivity index (χ0n) is 15.2. The maximum Gasteiger partial charge on any atom is 0.268 e. The van der Waals surface area contributed by atoms with Crippen LogP contribution in [-0.2, 0) is 7.05 Å². The molecular weight excluding hydrogens is 290 g/mol. The van der Waals surface area contributed by atoms with Crippen molar-refractivity contribution in [3.05, 3.63) is 33.7 Å². The topological polar surface area (TPSA) is 54.3 Å². The third-order valence-electron chi connectivity index (χ3n) is 4.98. The normalized spacial score (nSPS) is 18.7. The lowest BCUT2D eigenvalue weighted by atomic mass is 9.87. The number of nitrogens with one attached hydrogen (secondary N) is 1. The number of carbonyl (C=O) groups excluding carboxylic acids is 1. The minimum Gasteiger partial charge on any atom is -0.346 e. The molecule has 0 unspecified atom stereocenters. The number of hydrogen-bond donors (Lipinski definition) is 1. The van der Waals surface area contributed by atoms with Crippen LogP contribution in [0.25, 0.3) is 0 Å². The molecule has 23 heavy (non-hydrogen) atoms. The van der Waals surface area contributed by atoms with Crippen LogP contribution in [0.15, 0.2) is 16.9 Å². The van der Waals surface area contributed by atoms with Gasteiger partial charge in [0.05, 0.1) is 0 Å². The van der Waals surface area contributed by atoms with E-state index in [0.717, 1.165) is 31.6 Å². The standard InChI is InChI=1S/C18H29N3O2/c1-13-11-14(22)12-15(20(13)6)16(23)19-18(5)7-9-21(10-8-18)17(2,3)4/h11-12H,7-10H2,1-6H3,(H,19,23). The van der Waals surface area contributed by atoms with Gasteiger partial charge in [-0.15, -0.1) is 0 Å². The number of carbonyl (C=O) groups is 1. The van der Waals surface area contributed by atoms with Crippen LogP contribution in [0.2, 0.25) is 0 Å². The SMILES string of the molecule is Cc1cc(=O)cc(C(=O)NC2(C)CCN(C(C)(C)C)CC2)n1C. The van der Waals surface area contributed by atoms with E-state index in [0.29, 0.717) is 5.69 Å². The first kappa shape index (κ1) is 17.7. The second kappa shape index (κ2) is 6.11. The predicted octanol–water partition coefficient (Wildman–Crippen LogP) is 2.08. The summed E-state index contributed by atoms with van der Waals surface area (Å²) in [5.74, 6) is -0.167. The number of hydrogen-bond acceptors (Lipinski definition) is 3. The van der Waals surface area contributed by atoms with Gasteiger partial charge >= 0.3 is 0 Å². The molecule has 1 fully saturated rings. The van der Waals surface area contributed by atoms with E-state index in [2.05, 4.69) is 37.9 Å². The number of rotatable bonds is 2. The van der Waals surface area contributed by atoms with Crippen molar-refractivity contribution >= 4 is 5.91 Å². The van der Waals surface area contributed by atoms with Gasteiger partial charge in [-0.05, 0) is 47.5 Å². The van der Waals surface area contributed by atoms with Crippen LogP contribution in [-0.4, -0.2) is 39.5 Å². The summed E-state index contributed by atoms with van der Waals surface area (Å²) in [7, 11) is 1.81. The summed E-state index contributed by atoms with van der Waals surface area (Å²) >= 11 is 0. The summed E-state index contributed by atoms with van der Waals surface area (Å²) in [5.41, 5.74) is 1.02. The van der Waals surface area contributed by atoms with Crippen LogP contribution in [0.5, 0.6) is 0 Å². The Hall–Kier alpha value is -1.62. The maximum atomic E-state index is 12.6. The van der Waals surface area contributed by atoms with Crippen molar-refractivity contribution in [2.45, 2.75) is 58.5 Å². The minimum absolute atomic E-state index is 0.126. The van der Waals surface area contributed by atoms with Crippen molar-refractivity contribution in [2.24, 2.45) is 7.05 Å². The summed E-state index contributed by atoms with van der Waals surface area (Å²) in [6.07, 6.45) is 1.82. The van der Waals surface area contributed by atoms with Crippen molar-refractivity contribution in [3.63, 3.8) is 0 Å². The summed E-state index contributed by atoms with van der Waals surface area (Å²) in [5, 5.41) is 3.15. The molecule has 0 aromatic carbocycles. The highest BCUT2D eigenvalue weighted by molar-refractivity contribution is 5.93. The molecule has 5 nitrogen and oxygen atoms in total. The molecule has 1 aromatic rings. The molecule has 1 aliphatic rings. The molecule has 1 amide bonds. The van der Waals surface area contributed by atoms with Crippen LogP contribution in [0.1, 0.15) is 56.7 Å². The quantitative estimate of drug-likeness (QED) is 0.908. The molecule has 1 saturated heterocycles. The Labute approximate surface area is 138 Å². The second-order valence-electron chi connectivity index (χ2n) is 7.95. The fourth-order valence-corrected chi connectivity index (χ4v) is 3.12. The Balaban J connectivity index is 2.11. The van der Waals surface area contributed by atoms with E-state index in [1.54, 1.807) is 10.6 Å². The lowest BCUT2D eigenvalue weighted by Gasteiger charge is -2.45. The molecule has 0 bridgehead atoms. The first-order valence-corrected chi connectivity index (χ1v) is 8.27. The van der Waals surface area contributed by atoms with Crippen molar-refractivity contribution < 1.29 is 4.79 Å². The molecule has 2 heterocycles. The zero-order chi connectivity index (χ0) is 17.4. The third-order valence-corrected chi connectivity index (χ3v) is 4.98. The molecule has 1 aromatic heterocycles. The van der Waals surface area contributed by atoms with E-state index in [-0.39, 0.29) is 22.4 Å². The van der Waals surface area contributed by atoms with E-state index in [1.807, 2.05) is 14.0 Å². The molecule has 128 valence electrons. The summed E-state index contributed by atoms with van der Waals surface area (Å²) in [6, 6.07) is 2.95. The number of aromatic nitrogens is 1. The van der Waals surface area contributed by atoms with E-state index in [4.69, 9.17) is 0 Å². The molecule has 2 rings (SSSR count). The van der Waals surface area contributed by atoms with Gasteiger partial charge in [0.25, 0.3) is 5.91 Å². The number of pyridine rings is 1. The van der Waals surface area contributed by atoms with Gasteiger partial charge in [-0.3, -0.25) is 14.5 Å². The fourth-order valence-electron chi connectivity index (χ4n) is 3.12. The molecule has 1 aliphatic heterocycles. The maximum absolute atomic E-state index is 12.6. The van der Waals surface area contributed by atoms with Gasteiger partial charge in [-0.25, -0.2) is 0 Å². The molecule has 0 aliphatic carbocycles. The van der Waals surface area contributed by atoms with Crippen LogP contribution in [0.3, 0.4) is 0 Å². The molecule has 1 N–H and O–H groups in total. The minimum atomic E-state index is -0.224. The summed E-state index contributed by atoms with van der Waals surface area (Å²) in [4.78, 5) is 26.8. The van der Waals surface area contributed by atoms with Gasteiger partial charge in [-0.1, -0.05) is 0 Å². The van der Waals surface area contributed by atoms with Crippen molar-refractivity contribution in [2.75, 3.05) is 13.1 Å². The second-order valence-corrected chi connectivity index (χ2v) is 7.95. The number of piperidine rings is 1. The van der Waals surface area contributed by atoms with Gasteiger partial charge in [0.2, 0.25) is 0 Å². The Kier molecular flexibility index (Phi) is 4.71. The summed E-state index contributed by atoms with van der Waals surface area (Å²) < 4.78 is 1.77. The first-order valence-electron chi connectivity index (χ1n) is 8.27. The molecule has 5 heteroatoms. The molecule has 0 atom stereocenters. The Morgan fingerprint density at radius 3 is 2.30 bits per heavy atom. The first-order chi connectivity index (χ1) is 10.5. The smallest absolute Gasteiger partial charge is 0.268 e. The lowest BCUT2D eigenvalue weighted by Crippen LogP contribution is -2.57. The summed E-state index contributed by atoms with van der Waals surface area (Å²) in [6.45, 7) is 12.5. The van der Waals surface area contributed by atoms with E-state index >= 15 is 0 Å². The highest BCUT2D eigenvalue weighted by Gasteiger charge is 2.35. The fraction of sp³-hybridized carbons (Fsp3) is 0.667. The Morgan fingerprint density at radius 1 is 1.22 bits per heavy atom. The molecule has 0 spiro atoms. The van der Waals surface area contributed by atoms with Gasteiger partial charge in [0.15, 0.2) is 5.43 Å². The van der Waals surface area contributed by atoms with E-state index in [9.17, 15) is 9.59 Å². The van der Waals surface area contributed by atoms with Crippen LogP contribution >= 0.6 is 0 Å². The van der Waals surface area contributed by atoms with Crippen molar-refractivity contribution in [1.82, 2.24) is 14.8 Å². The average molecular weight is 319 g/mol. The number of amides is 1. The van der Waals surface area contributed by atoms with Gasteiger partial charge in [-0.2, -0.15) is 0 Å². The van der Waals surface area contributed by atoms with Crippen LogP contribution in [0.4, 0.5) is 0 Å². The monoisotopic (exact) mass is 319 g/mol. The Morgan fingerprint density at radius 2 is 1.78 bits per heavy atom. The predicted molar refractivity (Wildman–Crippen MR) is 92.9 cm³/mol. The van der Waals surface area contributed by atoms with Gasteiger partial charge in [0, 0.05) is 49.0 Å². The third kappa shape index (κ3) is 4.02. The number of aryl methyl sites for hydroxylation is 1. The Bertz CT molecular complexity index is 647. The van der Waals surface area contributed by atoms with Crippen LogP contribution < -0.4 is 10.7 Å². The average Bonchev–Trinajstić information content (AvgIpc) is 2.41. The highest BCUT2D eigenvalue weighted by atomic mass is 16.2. The van der Waals surface area contributed by atoms with Gasteiger partial charge < -0.3 is 9.88 Å². The van der Waals surface area contributed by atoms with E-state index < -0.39 is 0 Å². The van der Waals surface area contributed by atoms with Gasteiger partial charge in [0.1, 0.15) is 5.69 Å². The lowest BCUT2D eigenvalue weighted by molar-refractivity contribution is 0.0610. The van der Waals surface area contributed by atoms with Crippen molar-refractivity contribution in [1.29, 1.82) is 0 Å². The zero-order valence-corrected chi connectivity index (χ0v) is 15.2. The molecule has 0 radical (unpaired) electrons. The largest absolute Gasteiger partial charge is 0.346 e. The highest BCUT2D eigenvalue weighted by Crippen LogP contribution is 2.26. The molecule has 0 saturated carbocycles. The van der Waals surface area contributed by atoms with Crippen LogP contribution in [0, 0.1) is 6.92 Å². The van der Waals surface area contributed by atoms with Crippen molar-refractivity contribution in [3.8, 4) is 0 Å². The molecular formula is C18H29N3O2. The number of nitrogens with zero attached hydrogens (tertiary/aromatic N) is 2.